The Balaban J connectivity index is 1.57. The Hall–Kier alpha value is -3.46. The second-order valence-electron chi connectivity index (χ2n) is 8.77. The molecule has 1 fully saturated rings. The zero-order valence-electron chi connectivity index (χ0n) is 20.4. The van der Waals surface area contributed by atoms with Crippen LogP contribution in [0.25, 0.3) is 0 Å². The van der Waals surface area contributed by atoms with Gasteiger partial charge in [-0.25, -0.2) is 18.5 Å². The summed E-state index contributed by atoms with van der Waals surface area (Å²) in [7, 11) is -3.94. The molecule has 3 aromatic rings. The monoisotopic (exact) mass is 566 g/mol. The van der Waals surface area contributed by atoms with Crippen LogP contribution in [0.3, 0.4) is 0 Å². The van der Waals surface area contributed by atoms with Crippen molar-refractivity contribution in [1.82, 2.24) is 9.91 Å². The third-order valence-electron chi connectivity index (χ3n) is 6.64. The van der Waals surface area contributed by atoms with Crippen molar-refractivity contribution in [2.75, 3.05) is 25.4 Å². The van der Waals surface area contributed by atoms with Crippen LogP contribution in [0.15, 0.2) is 95.9 Å². The van der Waals surface area contributed by atoms with Crippen LogP contribution in [0.1, 0.15) is 17.5 Å². The number of rotatable bonds is 8. The average molecular weight is 567 g/mol. The van der Waals surface area contributed by atoms with E-state index in [-0.39, 0.29) is 24.5 Å². The summed E-state index contributed by atoms with van der Waals surface area (Å²) in [6.45, 7) is -0.157. The zero-order valence-corrected chi connectivity index (χ0v) is 22.9. The highest BCUT2D eigenvalue weighted by Crippen LogP contribution is 2.37. The summed E-state index contributed by atoms with van der Waals surface area (Å²) in [5.74, 6) is 0.448. The molecule has 0 N–H and O–H groups in total. The van der Waals surface area contributed by atoms with Gasteiger partial charge in [0.05, 0.1) is 17.5 Å². The number of thioether (sulfide) groups is 1. The van der Waals surface area contributed by atoms with E-state index >= 15 is 0 Å². The lowest BCUT2D eigenvalue weighted by Gasteiger charge is -2.38. The summed E-state index contributed by atoms with van der Waals surface area (Å²) in [5.41, 5.74) is 0.819. The molecule has 196 valence electrons. The maximum atomic E-state index is 13.5. The molecule has 1 atom stereocenters. The van der Waals surface area contributed by atoms with Crippen LogP contribution >= 0.6 is 24.0 Å². The molecule has 1 heterocycles. The fourth-order valence-corrected chi connectivity index (χ4v) is 7.92. The van der Waals surface area contributed by atoms with Crippen LogP contribution in [-0.2, 0) is 15.3 Å². The molecule has 1 unspecified atom stereocenters. The van der Waals surface area contributed by atoms with Crippen LogP contribution in [-0.4, -0.2) is 58.4 Å². The smallest absolute Gasteiger partial charge is 0.201 e. The number of piperazine rings is 1. The average Bonchev–Trinajstić information content (AvgIpc) is 2.96. The highest BCUT2D eigenvalue weighted by atomic mass is 32.2. The molecule has 0 spiro atoms. The van der Waals surface area contributed by atoms with Gasteiger partial charge in [-0.1, -0.05) is 103 Å². The van der Waals surface area contributed by atoms with Crippen molar-refractivity contribution in [3.8, 4) is 6.07 Å². The molecule has 1 aliphatic heterocycles. The highest BCUT2D eigenvalue weighted by molar-refractivity contribution is 8.22. The standard InChI is InChI=1S/C27H26N4O4S3/c28-21-27(22-10-4-1-5-11-22,23-12-6-2-7-13-23)16-19-37-26(36)30-18-17-29(31(32)33)20-25(30)38(34,35)24-14-8-3-9-15-24/h1-15,25H,16-20H2. The first-order valence-corrected chi connectivity index (χ1v) is 14.9. The van der Waals surface area contributed by atoms with Gasteiger partial charge in [-0.05, 0) is 29.7 Å². The summed E-state index contributed by atoms with van der Waals surface area (Å²) in [4.78, 5) is 13.1. The Bertz CT molecular complexity index is 1380. The fourth-order valence-electron chi connectivity index (χ4n) is 4.59. The van der Waals surface area contributed by atoms with Gasteiger partial charge in [0.1, 0.15) is 16.3 Å². The second-order valence-corrected chi connectivity index (χ2v) is 12.6. The van der Waals surface area contributed by atoms with E-state index in [1.165, 1.54) is 23.9 Å². The van der Waals surface area contributed by atoms with E-state index in [9.17, 15) is 23.8 Å². The van der Waals surface area contributed by atoms with E-state index in [1.54, 1.807) is 23.1 Å². The molecule has 38 heavy (non-hydrogen) atoms. The molecule has 11 heteroatoms. The van der Waals surface area contributed by atoms with Gasteiger partial charge in [0.25, 0.3) is 0 Å². The predicted molar refractivity (Wildman–Crippen MR) is 152 cm³/mol. The highest BCUT2D eigenvalue weighted by Gasteiger charge is 2.42. The van der Waals surface area contributed by atoms with E-state index in [1.807, 2.05) is 60.7 Å². The minimum atomic E-state index is -3.94. The Labute approximate surface area is 231 Å². The number of benzene rings is 3. The van der Waals surface area contributed by atoms with E-state index in [0.29, 0.717) is 16.5 Å². The topological polar surface area (TPSA) is 108 Å². The quantitative estimate of drug-likeness (QED) is 0.221. The Kier molecular flexibility index (Phi) is 8.66. The lowest BCUT2D eigenvalue weighted by molar-refractivity contribution is -0.658. The third-order valence-corrected chi connectivity index (χ3v) is 10.2. The van der Waals surface area contributed by atoms with Crippen LogP contribution in [0.4, 0.5) is 0 Å². The van der Waals surface area contributed by atoms with Crippen molar-refractivity contribution in [1.29, 1.82) is 5.26 Å². The number of thiocarbonyl (C=S) groups is 1. The normalized spacial score (nSPS) is 16.0. The lowest BCUT2D eigenvalue weighted by atomic mass is 9.74. The van der Waals surface area contributed by atoms with Gasteiger partial charge in [-0.3, -0.25) is 0 Å². The molecule has 8 nitrogen and oxygen atoms in total. The minimum Gasteiger partial charge on any atom is -0.337 e. The van der Waals surface area contributed by atoms with Crippen LogP contribution in [0.2, 0.25) is 0 Å². The van der Waals surface area contributed by atoms with E-state index in [4.69, 9.17) is 12.2 Å². The van der Waals surface area contributed by atoms with Crippen LogP contribution in [0, 0.1) is 21.4 Å². The number of sulfone groups is 1. The first-order valence-electron chi connectivity index (χ1n) is 11.9. The first-order chi connectivity index (χ1) is 18.3. The van der Waals surface area contributed by atoms with Gasteiger partial charge >= 0.3 is 0 Å². The van der Waals surface area contributed by atoms with Crippen molar-refractivity contribution >= 4 is 38.1 Å². The number of nitriles is 1. The molecule has 4 rings (SSSR count). The van der Waals surface area contributed by atoms with Crippen LogP contribution in [0.5, 0.6) is 0 Å². The molecular weight excluding hydrogens is 541 g/mol. The maximum absolute atomic E-state index is 13.5. The molecule has 1 saturated heterocycles. The van der Waals surface area contributed by atoms with Gasteiger partial charge in [-0.2, -0.15) is 5.26 Å². The minimum absolute atomic E-state index is 0.0463. The van der Waals surface area contributed by atoms with Gasteiger partial charge in [0, 0.05) is 12.3 Å². The number of hydrazine groups is 1. The number of hydrogen-bond acceptors (Lipinski definition) is 7. The van der Waals surface area contributed by atoms with Crippen LogP contribution < -0.4 is 0 Å². The Morgan fingerprint density at radius 2 is 1.53 bits per heavy atom. The SMILES string of the molecule is N#CC(CCSC(=S)N1CCN([N+](=O)[O-])CC1S(=O)(=O)c1ccccc1)(c1ccccc1)c1ccccc1. The summed E-state index contributed by atoms with van der Waals surface area (Å²) >= 11 is 6.98. The Morgan fingerprint density at radius 3 is 2.03 bits per heavy atom. The summed E-state index contributed by atoms with van der Waals surface area (Å²) in [5, 5.41) is 21.0. The van der Waals surface area contributed by atoms with E-state index in [0.717, 1.165) is 16.1 Å². The number of nitro groups is 1. The zero-order chi connectivity index (χ0) is 27.2. The van der Waals surface area contributed by atoms with E-state index < -0.39 is 25.7 Å². The number of hydrogen-bond donors (Lipinski definition) is 0. The molecule has 0 saturated carbocycles. The predicted octanol–water partition coefficient (Wildman–Crippen LogP) is 4.51. The summed E-state index contributed by atoms with van der Waals surface area (Å²) < 4.78 is 27.4. The largest absolute Gasteiger partial charge is 0.337 e. The molecular formula is C27H26N4O4S3. The van der Waals surface area contributed by atoms with Crippen molar-refractivity contribution < 1.29 is 13.5 Å². The molecule has 1 aliphatic rings. The van der Waals surface area contributed by atoms with Gasteiger partial charge < -0.3 is 4.90 Å². The molecule has 3 aromatic carbocycles. The summed E-state index contributed by atoms with van der Waals surface area (Å²) in [6, 6.07) is 29.6. The Morgan fingerprint density at radius 1 is 1.00 bits per heavy atom. The number of nitrogens with zero attached hydrogens (tertiary/aromatic N) is 4. The molecule has 0 bridgehead atoms. The molecule has 0 aliphatic carbocycles. The fraction of sp³-hybridized carbons (Fsp3) is 0.259. The molecule has 0 aromatic heterocycles. The van der Waals surface area contributed by atoms with Crippen molar-refractivity contribution in [3.05, 3.63) is 112 Å². The van der Waals surface area contributed by atoms with E-state index in [2.05, 4.69) is 6.07 Å². The van der Waals surface area contributed by atoms with Crippen molar-refractivity contribution in [2.24, 2.45) is 0 Å². The van der Waals surface area contributed by atoms with Crippen molar-refractivity contribution in [2.45, 2.75) is 22.1 Å². The molecule has 0 amide bonds. The van der Waals surface area contributed by atoms with Gasteiger partial charge in [0.2, 0.25) is 9.84 Å². The maximum Gasteiger partial charge on any atom is 0.201 e. The van der Waals surface area contributed by atoms with Crippen molar-refractivity contribution in [3.63, 3.8) is 0 Å². The molecule has 0 radical (unpaired) electrons. The lowest BCUT2D eigenvalue weighted by Crippen LogP contribution is -2.58. The van der Waals surface area contributed by atoms with Gasteiger partial charge in [-0.15, -0.1) is 5.01 Å². The summed E-state index contributed by atoms with van der Waals surface area (Å²) in [6.07, 6.45) is 0.438. The van der Waals surface area contributed by atoms with Gasteiger partial charge in [0.15, 0.2) is 10.4 Å². The third kappa shape index (κ3) is 5.67. The second kappa shape index (κ2) is 11.9. The first kappa shape index (κ1) is 27.6.